The van der Waals surface area contributed by atoms with Crippen molar-refractivity contribution in [3.63, 3.8) is 0 Å². The Morgan fingerprint density at radius 3 is 1.90 bits per heavy atom. The van der Waals surface area contributed by atoms with E-state index in [1.165, 1.54) is 0 Å². The van der Waals surface area contributed by atoms with Crippen LogP contribution in [0.3, 0.4) is 0 Å². The van der Waals surface area contributed by atoms with Gasteiger partial charge in [-0.25, -0.2) is 0 Å². The largest absolute Gasteiger partial charge is 0.314 e. The molecule has 4 aliphatic rings. The highest BCUT2D eigenvalue weighted by molar-refractivity contribution is 5.01. The molecular weight excluding hydrogens is 266 g/mol. The third kappa shape index (κ3) is 4.59. The van der Waals surface area contributed by atoms with Gasteiger partial charge >= 0.3 is 0 Å². The van der Waals surface area contributed by atoms with Crippen molar-refractivity contribution < 1.29 is 0 Å². The molecule has 4 atom stereocenters. The molecule has 122 valence electrons. The first-order chi connectivity index (χ1) is 10.4. The molecule has 2 bridgehead atoms. The second kappa shape index (κ2) is 8.38. The first-order valence-corrected chi connectivity index (χ1v) is 8.49. The quantitative estimate of drug-likeness (QED) is 0.272. The van der Waals surface area contributed by atoms with Crippen molar-refractivity contribution in [2.45, 2.75) is 24.2 Å². The predicted molar refractivity (Wildman–Crippen MR) is 85.8 cm³/mol. The highest BCUT2D eigenvalue weighted by Gasteiger charge is 2.35. The normalized spacial score (nSPS) is 40.0. The molecule has 0 aromatic heterocycles. The highest BCUT2D eigenvalue weighted by Crippen LogP contribution is 2.08. The molecule has 7 N–H and O–H groups in total. The van der Waals surface area contributed by atoms with Crippen LogP contribution >= 0.6 is 0 Å². The van der Waals surface area contributed by atoms with Crippen LogP contribution in [-0.2, 0) is 0 Å². The number of nitrogens with one attached hydrogen (secondary N) is 7. The van der Waals surface area contributed by atoms with Crippen molar-refractivity contribution in [2.24, 2.45) is 0 Å². The zero-order chi connectivity index (χ0) is 14.3. The summed E-state index contributed by atoms with van der Waals surface area (Å²) in [6.45, 7) is 10.5. The van der Waals surface area contributed by atoms with E-state index in [0.29, 0.717) is 24.2 Å². The molecule has 4 saturated heterocycles. The molecular formula is C14H31N7. The Balaban J connectivity index is 1.56. The van der Waals surface area contributed by atoms with Gasteiger partial charge in [0.1, 0.15) is 0 Å². The Morgan fingerprint density at radius 1 is 0.476 bits per heavy atom. The van der Waals surface area contributed by atoms with Gasteiger partial charge in [0, 0.05) is 89.6 Å². The van der Waals surface area contributed by atoms with Gasteiger partial charge in [0.25, 0.3) is 0 Å². The smallest absolute Gasteiger partial charge is 0.0401 e. The maximum absolute atomic E-state index is 3.76. The average Bonchev–Trinajstić information content (AvgIpc) is 2.82. The maximum Gasteiger partial charge on any atom is 0.0401 e. The van der Waals surface area contributed by atoms with Crippen LogP contribution in [0.2, 0.25) is 0 Å². The molecule has 0 spiro atoms. The van der Waals surface area contributed by atoms with Crippen LogP contribution in [0.5, 0.6) is 0 Å². The van der Waals surface area contributed by atoms with Gasteiger partial charge in [-0.2, -0.15) is 0 Å². The molecule has 0 aliphatic carbocycles. The third-order valence-corrected chi connectivity index (χ3v) is 4.75. The second-order valence-corrected chi connectivity index (χ2v) is 6.32. The van der Waals surface area contributed by atoms with Gasteiger partial charge in [0.2, 0.25) is 0 Å². The van der Waals surface area contributed by atoms with Crippen molar-refractivity contribution in [1.29, 1.82) is 0 Å². The van der Waals surface area contributed by atoms with Crippen molar-refractivity contribution in [1.82, 2.24) is 37.2 Å². The number of piperazine rings is 1. The average molecular weight is 297 g/mol. The van der Waals surface area contributed by atoms with Crippen LogP contribution in [-0.4, -0.2) is 89.6 Å². The van der Waals surface area contributed by atoms with Crippen LogP contribution < -0.4 is 37.2 Å². The molecule has 7 nitrogen and oxygen atoms in total. The van der Waals surface area contributed by atoms with Crippen molar-refractivity contribution in [2.75, 3.05) is 65.4 Å². The fourth-order valence-electron chi connectivity index (χ4n) is 3.51. The number of rotatable bonds is 1. The topological polar surface area (TPSA) is 84.2 Å². The van der Waals surface area contributed by atoms with E-state index in [4.69, 9.17) is 0 Å². The highest BCUT2D eigenvalue weighted by atomic mass is 15.2. The van der Waals surface area contributed by atoms with Gasteiger partial charge in [0.15, 0.2) is 0 Å². The summed E-state index contributed by atoms with van der Waals surface area (Å²) in [5.74, 6) is 0. The first kappa shape index (κ1) is 15.6. The summed E-state index contributed by atoms with van der Waals surface area (Å²) >= 11 is 0. The summed E-state index contributed by atoms with van der Waals surface area (Å²) in [6.07, 6.45) is 0. The molecule has 4 heterocycles. The van der Waals surface area contributed by atoms with Crippen LogP contribution in [0.1, 0.15) is 0 Å². The number of hydrogen-bond acceptors (Lipinski definition) is 7. The van der Waals surface area contributed by atoms with E-state index >= 15 is 0 Å². The van der Waals surface area contributed by atoms with Gasteiger partial charge in [-0.3, -0.25) is 0 Å². The standard InChI is InChI=1S/C14H31N7/c1-2-16-5-6-18-12(9-17-4-3-15-1)14-13-10-19-11(7-20-13)8-21-14/h11-21H,1-10H2. The lowest BCUT2D eigenvalue weighted by Crippen LogP contribution is -2.63. The molecule has 4 aliphatic heterocycles. The summed E-state index contributed by atoms with van der Waals surface area (Å²) in [6, 6.07) is 2.04. The van der Waals surface area contributed by atoms with Gasteiger partial charge in [-0.1, -0.05) is 0 Å². The molecule has 21 heavy (non-hydrogen) atoms. The van der Waals surface area contributed by atoms with E-state index in [1.54, 1.807) is 0 Å². The van der Waals surface area contributed by atoms with Crippen LogP contribution in [0.25, 0.3) is 0 Å². The van der Waals surface area contributed by atoms with Gasteiger partial charge in [-0.05, 0) is 0 Å². The second-order valence-electron chi connectivity index (χ2n) is 6.32. The molecule has 0 saturated carbocycles. The summed E-state index contributed by atoms with van der Waals surface area (Å²) in [7, 11) is 0. The van der Waals surface area contributed by atoms with E-state index in [9.17, 15) is 0 Å². The first-order valence-electron chi connectivity index (χ1n) is 8.49. The van der Waals surface area contributed by atoms with Crippen LogP contribution in [0, 0.1) is 0 Å². The van der Waals surface area contributed by atoms with E-state index in [1.807, 2.05) is 0 Å². The zero-order valence-corrected chi connectivity index (χ0v) is 12.9. The predicted octanol–water partition coefficient (Wildman–Crippen LogP) is -3.37. The number of hydrogen-bond donors (Lipinski definition) is 7. The third-order valence-electron chi connectivity index (χ3n) is 4.75. The molecule has 4 fully saturated rings. The fraction of sp³-hybridized carbons (Fsp3) is 1.00. The molecule has 0 aromatic carbocycles. The summed E-state index contributed by atoms with van der Waals surface area (Å²) in [5, 5.41) is 25.3. The van der Waals surface area contributed by atoms with E-state index in [-0.39, 0.29) is 0 Å². The summed E-state index contributed by atoms with van der Waals surface area (Å²) in [5.41, 5.74) is 0. The molecule has 0 amide bonds. The zero-order valence-electron chi connectivity index (χ0n) is 12.9. The minimum Gasteiger partial charge on any atom is -0.314 e. The lowest BCUT2D eigenvalue weighted by Gasteiger charge is -2.35. The molecule has 4 unspecified atom stereocenters. The Labute approximate surface area is 127 Å². The van der Waals surface area contributed by atoms with E-state index < -0.39 is 0 Å². The molecule has 7 heteroatoms. The van der Waals surface area contributed by atoms with E-state index in [2.05, 4.69) is 37.2 Å². The minimum absolute atomic E-state index is 0.461. The van der Waals surface area contributed by atoms with Crippen molar-refractivity contribution >= 4 is 0 Å². The monoisotopic (exact) mass is 297 g/mol. The summed E-state index contributed by atoms with van der Waals surface area (Å²) in [4.78, 5) is 0. The van der Waals surface area contributed by atoms with Crippen molar-refractivity contribution in [3.8, 4) is 0 Å². The van der Waals surface area contributed by atoms with Crippen LogP contribution in [0.4, 0.5) is 0 Å². The van der Waals surface area contributed by atoms with Crippen LogP contribution in [0.15, 0.2) is 0 Å². The minimum atomic E-state index is 0.461. The Morgan fingerprint density at radius 2 is 1.14 bits per heavy atom. The lowest BCUT2D eigenvalue weighted by molar-refractivity contribution is 0.293. The SMILES string of the molecule is C1CNCCNC(C2NCC3CNC2CN3)CNCCN1. The Kier molecular flexibility index (Phi) is 6.23. The fourth-order valence-corrected chi connectivity index (χ4v) is 3.51. The maximum atomic E-state index is 3.76. The van der Waals surface area contributed by atoms with E-state index in [0.717, 1.165) is 65.4 Å². The van der Waals surface area contributed by atoms with Crippen molar-refractivity contribution in [3.05, 3.63) is 0 Å². The molecule has 0 aromatic rings. The Bertz CT molecular complexity index is 281. The van der Waals surface area contributed by atoms with Gasteiger partial charge in [-0.15, -0.1) is 0 Å². The number of fused-ring (bicyclic) bond motifs is 4. The lowest BCUT2D eigenvalue weighted by atomic mass is 9.99. The van der Waals surface area contributed by atoms with Gasteiger partial charge < -0.3 is 37.2 Å². The molecule has 0 radical (unpaired) electrons. The van der Waals surface area contributed by atoms with Gasteiger partial charge in [0.05, 0.1) is 0 Å². The summed E-state index contributed by atoms with van der Waals surface area (Å²) < 4.78 is 0. The Hall–Kier alpha value is -0.280. The molecule has 4 rings (SSSR count).